The van der Waals surface area contributed by atoms with Gasteiger partial charge in [0.1, 0.15) is 5.82 Å². The van der Waals surface area contributed by atoms with Crippen molar-refractivity contribution in [1.82, 2.24) is 15.5 Å². The van der Waals surface area contributed by atoms with Crippen molar-refractivity contribution in [2.45, 2.75) is 19.8 Å². The number of hydrogen-bond acceptors (Lipinski definition) is 4. The maximum absolute atomic E-state index is 13.2. The molecule has 2 rings (SSSR count). The van der Waals surface area contributed by atoms with Crippen LogP contribution >= 0.6 is 15.9 Å². The molecule has 0 unspecified atom stereocenters. The highest BCUT2D eigenvalue weighted by Crippen LogP contribution is 2.27. The molecule has 0 bridgehead atoms. The zero-order chi connectivity index (χ0) is 13.7. The molecule has 0 amide bonds. The first-order chi connectivity index (χ1) is 9.20. The number of nitrogens with zero attached hydrogens (tertiary/aromatic N) is 2. The third-order valence-electron chi connectivity index (χ3n) is 2.57. The highest BCUT2D eigenvalue weighted by molar-refractivity contribution is 9.10. The largest absolute Gasteiger partial charge is 0.421 e. The Morgan fingerprint density at radius 3 is 2.95 bits per heavy atom. The van der Waals surface area contributed by atoms with Crippen molar-refractivity contribution in [3.63, 3.8) is 0 Å². The Hall–Kier alpha value is -1.27. The second kappa shape index (κ2) is 6.77. The van der Waals surface area contributed by atoms with Crippen LogP contribution in [-0.4, -0.2) is 23.3 Å². The minimum atomic E-state index is -0.331. The number of nitrogens with one attached hydrogen (secondary N) is 1. The molecule has 0 atom stereocenters. The van der Waals surface area contributed by atoms with Crippen LogP contribution in [0.25, 0.3) is 11.5 Å². The summed E-state index contributed by atoms with van der Waals surface area (Å²) in [6.07, 6.45) is 1.76. The van der Waals surface area contributed by atoms with E-state index in [1.165, 1.54) is 12.1 Å². The van der Waals surface area contributed by atoms with Crippen LogP contribution < -0.4 is 5.32 Å². The summed E-state index contributed by atoms with van der Waals surface area (Å²) >= 11 is 3.34. The second-order valence-corrected chi connectivity index (χ2v) is 4.98. The van der Waals surface area contributed by atoms with Crippen LogP contribution in [0, 0.1) is 5.82 Å². The van der Waals surface area contributed by atoms with Crippen molar-refractivity contribution in [2.24, 2.45) is 0 Å². The molecule has 0 spiro atoms. The summed E-state index contributed by atoms with van der Waals surface area (Å²) in [5.74, 6) is 0.550. The molecule has 1 N–H and O–H groups in total. The summed E-state index contributed by atoms with van der Waals surface area (Å²) in [6.45, 7) is 3.87. The molecule has 2 aromatic rings. The highest BCUT2D eigenvalue weighted by atomic mass is 79.9. The van der Waals surface area contributed by atoms with Crippen molar-refractivity contribution in [3.05, 3.63) is 34.4 Å². The maximum atomic E-state index is 13.2. The highest BCUT2D eigenvalue weighted by Gasteiger charge is 2.12. The molecule has 102 valence electrons. The van der Waals surface area contributed by atoms with E-state index in [0.29, 0.717) is 23.8 Å². The molecule has 0 saturated carbocycles. The average Bonchev–Trinajstić information content (AvgIpc) is 2.86. The number of halogens is 2. The Morgan fingerprint density at radius 2 is 2.16 bits per heavy atom. The van der Waals surface area contributed by atoms with Gasteiger partial charge in [0, 0.05) is 17.4 Å². The normalized spacial score (nSPS) is 10.9. The van der Waals surface area contributed by atoms with Crippen LogP contribution in [0.3, 0.4) is 0 Å². The first-order valence-electron chi connectivity index (χ1n) is 6.19. The van der Waals surface area contributed by atoms with Gasteiger partial charge in [0.25, 0.3) is 0 Å². The number of rotatable bonds is 6. The van der Waals surface area contributed by atoms with Crippen molar-refractivity contribution < 1.29 is 8.81 Å². The van der Waals surface area contributed by atoms with Gasteiger partial charge in [-0.3, -0.25) is 0 Å². The van der Waals surface area contributed by atoms with E-state index in [1.807, 2.05) is 0 Å². The Bertz CT molecular complexity index is 544. The molecule has 0 saturated heterocycles. The molecular formula is C13H15BrFN3O. The summed E-state index contributed by atoms with van der Waals surface area (Å²) in [5.41, 5.74) is 0.570. The standard InChI is InChI=1S/C13H15BrFN3O/c1-2-6-16-7-5-12-17-18-13(19-12)10-8-9(15)3-4-11(10)14/h3-4,8,16H,2,5-7H2,1H3. The fourth-order valence-electron chi connectivity index (χ4n) is 1.62. The van der Waals surface area contributed by atoms with E-state index >= 15 is 0 Å². The van der Waals surface area contributed by atoms with E-state index in [0.717, 1.165) is 24.0 Å². The maximum Gasteiger partial charge on any atom is 0.248 e. The zero-order valence-electron chi connectivity index (χ0n) is 10.6. The van der Waals surface area contributed by atoms with E-state index in [1.54, 1.807) is 6.07 Å². The number of benzene rings is 1. The van der Waals surface area contributed by atoms with E-state index < -0.39 is 0 Å². The monoisotopic (exact) mass is 327 g/mol. The van der Waals surface area contributed by atoms with Crippen LogP contribution in [0.1, 0.15) is 19.2 Å². The van der Waals surface area contributed by atoms with Gasteiger partial charge in [-0.25, -0.2) is 4.39 Å². The summed E-state index contributed by atoms with van der Waals surface area (Å²) in [4.78, 5) is 0. The SMILES string of the molecule is CCCNCCc1nnc(-c2cc(F)ccc2Br)o1. The topological polar surface area (TPSA) is 51.0 Å². The second-order valence-electron chi connectivity index (χ2n) is 4.13. The lowest BCUT2D eigenvalue weighted by atomic mass is 10.2. The fourth-order valence-corrected chi connectivity index (χ4v) is 2.04. The van der Waals surface area contributed by atoms with E-state index in [-0.39, 0.29) is 5.82 Å². The first-order valence-corrected chi connectivity index (χ1v) is 6.98. The lowest BCUT2D eigenvalue weighted by Gasteiger charge is -2.00. The summed E-state index contributed by atoms with van der Waals surface area (Å²) < 4.78 is 19.5. The van der Waals surface area contributed by atoms with Crippen molar-refractivity contribution >= 4 is 15.9 Å². The molecular weight excluding hydrogens is 313 g/mol. The van der Waals surface area contributed by atoms with Gasteiger partial charge >= 0.3 is 0 Å². The van der Waals surface area contributed by atoms with Gasteiger partial charge in [-0.1, -0.05) is 6.92 Å². The predicted octanol–water partition coefficient (Wildman–Crippen LogP) is 3.18. The average molecular weight is 328 g/mol. The van der Waals surface area contributed by atoms with Crippen LogP contribution in [0.15, 0.2) is 27.1 Å². The van der Waals surface area contributed by atoms with Gasteiger partial charge in [-0.05, 0) is 47.1 Å². The molecule has 1 heterocycles. The molecule has 19 heavy (non-hydrogen) atoms. The molecule has 1 aromatic heterocycles. The molecule has 1 aromatic carbocycles. The quantitative estimate of drug-likeness (QED) is 0.828. The summed E-state index contributed by atoms with van der Waals surface area (Å²) in [7, 11) is 0. The predicted molar refractivity (Wildman–Crippen MR) is 74.3 cm³/mol. The number of aromatic nitrogens is 2. The van der Waals surface area contributed by atoms with Gasteiger partial charge in [-0.2, -0.15) is 0 Å². The van der Waals surface area contributed by atoms with Crippen molar-refractivity contribution in [1.29, 1.82) is 0 Å². The minimum Gasteiger partial charge on any atom is -0.421 e. The lowest BCUT2D eigenvalue weighted by Crippen LogP contribution is -2.17. The Balaban J connectivity index is 2.06. The molecule has 0 aliphatic carbocycles. The van der Waals surface area contributed by atoms with Crippen LogP contribution in [0.5, 0.6) is 0 Å². The van der Waals surface area contributed by atoms with Crippen LogP contribution in [0.4, 0.5) is 4.39 Å². The smallest absolute Gasteiger partial charge is 0.248 e. The Labute approximate surface area is 119 Å². The van der Waals surface area contributed by atoms with Gasteiger partial charge in [0.05, 0.1) is 5.56 Å². The van der Waals surface area contributed by atoms with Gasteiger partial charge in [0.15, 0.2) is 0 Å². The Morgan fingerprint density at radius 1 is 1.32 bits per heavy atom. The summed E-state index contributed by atoms with van der Waals surface area (Å²) in [6, 6.07) is 4.37. The van der Waals surface area contributed by atoms with Crippen LogP contribution in [0.2, 0.25) is 0 Å². The lowest BCUT2D eigenvalue weighted by molar-refractivity contribution is 0.493. The summed E-state index contributed by atoms with van der Waals surface area (Å²) in [5, 5.41) is 11.2. The molecule has 0 radical (unpaired) electrons. The Kier molecular flexibility index (Phi) is 5.04. The van der Waals surface area contributed by atoms with Gasteiger partial charge in [0.2, 0.25) is 11.8 Å². The fraction of sp³-hybridized carbons (Fsp3) is 0.385. The van der Waals surface area contributed by atoms with E-state index in [9.17, 15) is 4.39 Å². The van der Waals surface area contributed by atoms with Crippen molar-refractivity contribution in [3.8, 4) is 11.5 Å². The third kappa shape index (κ3) is 3.84. The molecule has 0 fully saturated rings. The first kappa shape index (κ1) is 14.1. The number of hydrogen-bond donors (Lipinski definition) is 1. The van der Waals surface area contributed by atoms with E-state index in [2.05, 4.69) is 38.4 Å². The molecule has 0 aliphatic rings. The zero-order valence-corrected chi connectivity index (χ0v) is 12.2. The molecule has 0 aliphatic heterocycles. The minimum absolute atomic E-state index is 0.330. The molecule has 4 nitrogen and oxygen atoms in total. The van der Waals surface area contributed by atoms with Gasteiger partial charge in [-0.15, -0.1) is 10.2 Å². The molecule has 6 heteroatoms. The van der Waals surface area contributed by atoms with Crippen LogP contribution in [-0.2, 0) is 6.42 Å². The third-order valence-corrected chi connectivity index (χ3v) is 3.26. The van der Waals surface area contributed by atoms with Crippen molar-refractivity contribution in [2.75, 3.05) is 13.1 Å². The van der Waals surface area contributed by atoms with Gasteiger partial charge < -0.3 is 9.73 Å². The van der Waals surface area contributed by atoms with E-state index in [4.69, 9.17) is 4.42 Å².